The van der Waals surface area contributed by atoms with Crippen LogP contribution >= 0.6 is 0 Å². The zero-order valence-electron chi connectivity index (χ0n) is 23.0. The summed E-state index contributed by atoms with van der Waals surface area (Å²) in [5, 5.41) is 23.4. The van der Waals surface area contributed by atoms with Crippen molar-refractivity contribution >= 4 is 46.1 Å². The van der Waals surface area contributed by atoms with Gasteiger partial charge in [-0.25, -0.2) is 14.8 Å². The molecular weight excluding hydrogens is 526 g/mol. The van der Waals surface area contributed by atoms with Crippen molar-refractivity contribution in [3.63, 3.8) is 0 Å². The number of amides is 2. The number of amidine groups is 1. The van der Waals surface area contributed by atoms with Crippen LogP contribution < -0.4 is 14.8 Å². The Morgan fingerprint density at radius 2 is 1.41 bits per heavy atom. The van der Waals surface area contributed by atoms with Crippen LogP contribution in [0, 0.1) is 6.92 Å². The van der Waals surface area contributed by atoms with Gasteiger partial charge >= 0.3 is 0 Å². The Morgan fingerprint density at radius 1 is 0.829 bits per heavy atom. The van der Waals surface area contributed by atoms with Gasteiger partial charge in [0, 0.05) is 19.8 Å². The first-order valence-corrected chi connectivity index (χ1v) is 12.8. The molecule has 0 unspecified atom stereocenters. The average molecular weight is 556 g/mol. The summed E-state index contributed by atoms with van der Waals surface area (Å²) in [6.45, 7) is 3.61. The van der Waals surface area contributed by atoms with E-state index >= 15 is 0 Å². The number of nitrogens with zero attached hydrogens (tertiary/aromatic N) is 5. The first-order valence-electron chi connectivity index (χ1n) is 12.8. The first-order chi connectivity index (χ1) is 19.7. The highest BCUT2D eigenvalue weighted by Crippen LogP contribution is 2.35. The highest BCUT2D eigenvalue weighted by atomic mass is 17.1. The normalized spacial score (nSPS) is 16.0. The molecule has 11 heteroatoms. The smallest absolute Gasteiger partial charge is 0.283 e. The van der Waals surface area contributed by atoms with E-state index < -0.39 is 11.8 Å². The standard InChI is InChI=1S/C30H29N5O6/c1-18-15-24(33(3)4)13-14-25(18)31-27-19(2)26-28(34(30(27)37)22-9-5-20(6-10-22)16-40-38)32-35(29(26)36)23-11-7-21(8-12-23)17-41-39/h5-15,38-39H,16-17H2,1-4H3. The van der Waals surface area contributed by atoms with Crippen molar-refractivity contribution in [3.05, 3.63) is 94.6 Å². The van der Waals surface area contributed by atoms with Crippen molar-refractivity contribution in [1.29, 1.82) is 0 Å². The van der Waals surface area contributed by atoms with Crippen molar-refractivity contribution in [3.8, 4) is 0 Å². The lowest BCUT2D eigenvalue weighted by Crippen LogP contribution is -2.47. The molecule has 2 amide bonds. The van der Waals surface area contributed by atoms with E-state index in [-0.39, 0.29) is 30.3 Å². The van der Waals surface area contributed by atoms with Gasteiger partial charge in [-0.05, 0) is 78.6 Å². The summed E-state index contributed by atoms with van der Waals surface area (Å²) < 4.78 is 0. The Hall–Kier alpha value is -4.68. The van der Waals surface area contributed by atoms with Gasteiger partial charge in [0.1, 0.15) is 18.9 Å². The number of benzene rings is 3. The number of rotatable bonds is 8. The highest BCUT2D eigenvalue weighted by Gasteiger charge is 2.45. The van der Waals surface area contributed by atoms with Crippen LogP contribution in [0.4, 0.5) is 22.7 Å². The Labute approximate surface area is 236 Å². The van der Waals surface area contributed by atoms with Crippen molar-refractivity contribution in [2.24, 2.45) is 10.1 Å². The molecule has 5 rings (SSSR count). The molecule has 2 aliphatic rings. The van der Waals surface area contributed by atoms with Crippen LogP contribution in [0.3, 0.4) is 0 Å². The molecule has 3 aromatic carbocycles. The minimum Gasteiger partial charge on any atom is -0.378 e. The Bertz CT molecular complexity index is 1590. The zero-order valence-corrected chi connectivity index (χ0v) is 23.0. The van der Waals surface area contributed by atoms with Gasteiger partial charge in [0.05, 0.1) is 22.6 Å². The fraction of sp³-hybridized carbons (Fsp3) is 0.200. The molecule has 2 aliphatic heterocycles. The molecule has 210 valence electrons. The number of carbonyl (C=O) groups is 2. The van der Waals surface area contributed by atoms with Crippen molar-refractivity contribution < 1.29 is 29.9 Å². The lowest BCUT2D eigenvalue weighted by atomic mass is 9.96. The van der Waals surface area contributed by atoms with Gasteiger partial charge in [-0.3, -0.25) is 25.0 Å². The van der Waals surface area contributed by atoms with Crippen LogP contribution in [-0.4, -0.2) is 48.0 Å². The maximum absolute atomic E-state index is 14.1. The third-order valence-corrected chi connectivity index (χ3v) is 6.94. The second kappa shape index (κ2) is 11.4. The number of aliphatic imine (C=N–C) groups is 1. The molecule has 0 atom stereocenters. The predicted molar refractivity (Wildman–Crippen MR) is 155 cm³/mol. The Kier molecular flexibility index (Phi) is 7.77. The van der Waals surface area contributed by atoms with Crippen LogP contribution in [0.1, 0.15) is 23.6 Å². The van der Waals surface area contributed by atoms with Crippen molar-refractivity contribution in [2.75, 3.05) is 28.9 Å². The Morgan fingerprint density at radius 3 is 1.95 bits per heavy atom. The summed E-state index contributed by atoms with van der Waals surface area (Å²) in [6.07, 6.45) is 0. The Balaban J connectivity index is 1.64. The number of hydrazone groups is 1. The van der Waals surface area contributed by atoms with Gasteiger partial charge < -0.3 is 4.90 Å². The molecule has 2 heterocycles. The van der Waals surface area contributed by atoms with E-state index in [0.29, 0.717) is 33.8 Å². The van der Waals surface area contributed by atoms with E-state index in [1.165, 1.54) is 9.91 Å². The molecule has 11 nitrogen and oxygen atoms in total. The molecule has 0 spiro atoms. The molecule has 0 saturated carbocycles. The number of hydrogen-bond acceptors (Lipinski definition) is 9. The van der Waals surface area contributed by atoms with Crippen molar-refractivity contribution in [2.45, 2.75) is 27.1 Å². The van der Waals surface area contributed by atoms with E-state index in [9.17, 15) is 9.59 Å². The third-order valence-electron chi connectivity index (χ3n) is 6.94. The minimum absolute atomic E-state index is 0.00135. The topological polar surface area (TPSA) is 128 Å². The lowest BCUT2D eigenvalue weighted by molar-refractivity contribution is -0.253. The number of fused-ring (bicyclic) bond motifs is 1. The fourth-order valence-electron chi connectivity index (χ4n) is 4.69. The lowest BCUT2D eigenvalue weighted by Gasteiger charge is -2.28. The molecule has 3 aromatic rings. The molecule has 0 saturated heterocycles. The maximum Gasteiger partial charge on any atom is 0.283 e. The molecule has 0 aromatic heterocycles. The third kappa shape index (κ3) is 5.26. The van der Waals surface area contributed by atoms with E-state index in [4.69, 9.17) is 15.5 Å². The van der Waals surface area contributed by atoms with Crippen molar-refractivity contribution in [1.82, 2.24) is 0 Å². The highest BCUT2D eigenvalue weighted by molar-refractivity contribution is 6.61. The molecule has 41 heavy (non-hydrogen) atoms. The van der Waals surface area contributed by atoms with Crippen LogP contribution in [-0.2, 0) is 32.6 Å². The maximum atomic E-state index is 14.1. The second-order valence-corrected chi connectivity index (χ2v) is 9.89. The van der Waals surface area contributed by atoms with Gasteiger partial charge in [0.25, 0.3) is 11.8 Å². The number of aryl methyl sites for hydroxylation is 1. The van der Waals surface area contributed by atoms with E-state index in [2.05, 4.69) is 14.9 Å². The van der Waals surface area contributed by atoms with Crippen LogP contribution in [0.15, 0.2) is 88.0 Å². The molecule has 0 bridgehead atoms. The van der Waals surface area contributed by atoms with Gasteiger partial charge in [0.15, 0.2) is 5.84 Å². The summed E-state index contributed by atoms with van der Waals surface area (Å²) in [4.78, 5) is 44.4. The first kappa shape index (κ1) is 27.9. The van der Waals surface area contributed by atoms with E-state index in [1.54, 1.807) is 55.5 Å². The molecular formula is C30H29N5O6. The summed E-state index contributed by atoms with van der Waals surface area (Å²) in [5.41, 5.74) is 5.65. The molecule has 0 radical (unpaired) electrons. The summed E-state index contributed by atoms with van der Waals surface area (Å²) >= 11 is 0. The predicted octanol–water partition coefficient (Wildman–Crippen LogP) is 4.84. The average Bonchev–Trinajstić information content (AvgIpc) is 3.30. The monoisotopic (exact) mass is 555 g/mol. The number of carbonyl (C=O) groups excluding carboxylic acids is 2. The second-order valence-electron chi connectivity index (χ2n) is 9.89. The summed E-state index contributed by atoms with van der Waals surface area (Å²) in [5.74, 6) is -0.652. The van der Waals surface area contributed by atoms with Crippen LogP contribution in [0.25, 0.3) is 0 Å². The fourth-order valence-corrected chi connectivity index (χ4v) is 4.69. The zero-order chi connectivity index (χ0) is 29.3. The minimum atomic E-state index is -0.433. The summed E-state index contributed by atoms with van der Waals surface area (Å²) in [7, 11) is 3.89. The molecule has 2 N–H and O–H groups in total. The van der Waals surface area contributed by atoms with E-state index in [1.807, 2.05) is 44.1 Å². The van der Waals surface area contributed by atoms with Gasteiger partial charge in [-0.15, -0.1) is 5.10 Å². The molecule has 0 fully saturated rings. The quantitative estimate of drug-likeness (QED) is 0.301. The molecule has 0 aliphatic carbocycles. The summed E-state index contributed by atoms with van der Waals surface area (Å²) in [6, 6.07) is 19.3. The van der Waals surface area contributed by atoms with Gasteiger partial charge in [-0.2, -0.15) is 5.01 Å². The SMILES string of the molecule is CC1=C2C(=O)N(c3ccc(COO)cc3)N=C2N(c2ccc(COO)cc2)C(=O)C1=Nc1ccc(N(C)C)cc1C. The number of anilines is 3. The van der Waals surface area contributed by atoms with Gasteiger partial charge in [0.2, 0.25) is 0 Å². The van der Waals surface area contributed by atoms with Gasteiger partial charge in [-0.1, -0.05) is 24.3 Å². The van der Waals surface area contributed by atoms with Crippen LogP contribution in [0.5, 0.6) is 0 Å². The van der Waals surface area contributed by atoms with E-state index in [0.717, 1.165) is 11.3 Å². The largest absolute Gasteiger partial charge is 0.378 e. The van der Waals surface area contributed by atoms with Crippen LogP contribution in [0.2, 0.25) is 0 Å². The number of hydrogen-bond donors (Lipinski definition) is 2.